The van der Waals surface area contributed by atoms with Crippen LogP contribution in [0, 0.1) is 17.8 Å². The average molecular weight is 790 g/mol. The first-order valence-corrected chi connectivity index (χ1v) is 23.2. The highest BCUT2D eigenvalue weighted by molar-refractivity contribution is 5.97. The predicted molar refractivity (Wildman–Crippen MR) is 254 cm³/mol. The van der Waals surface area contributed by atoms with E-state index in [0.29, 0.717) is 5.41 Å². The van der Waals surface area contributed by atoms with Crippen molar-refractivity contribution in [2.24, 2.45) is 17.8 Å². The van der Waals surface area contributed by atoms with E-state index in [1.165, 1.54) is 128 Å². The van der Waals surface area contributed by atoms with E-state index >= 15 is 0 Å². The van der Waals surface area contributed by atoms with Crippen molar-refractivity contribution in [1.29, 1.82) is 0 Å². The largest absolute Gasteiger partial charge is 0.310 e. The molecule has 0 heterocycles. The summed E-state index contributed by atoms with van der Waals surface area (Å²) >= 11 is 0. The Bertz CT molecular complexity index is 2920. The maximum atomic E-state index is 2.57. The minimum atomic E-state index is -0.427. The molecule has 0 amide bonds. The minimum absolute atomic E-state index is 0.0215. The van der Waals surface area contributed by atoms with Crippen molar-refractivity contribution in [3.63, 3.8) is 0 Å². The SMILES string of the molecule is CC(C)(C)c1ccc2c(c1)C1(c3ccccc3-c3ccc(N(c4ccc(C56CC7CC(CC(C7)C5)C6)cc4)c4ccc5c(c4)-c4ccccc4C5(C)C)cc31)c1ccccc1-2. The molecule has 0 N–H and O–H groups in total. The van der Waals surface area contributed by atoms with Crippen molar-refractivity contribution < 1.29 is 0 Å². The van der Waals surface area contributed by atoms with Crippen LogP contribution in [0.25, 0.3) is 33.4 Å². The van der Waals surface area contributed by atoms with E-state index < -0.39 is 5.41 Å². The lowest BCUT2D eigenvalue weighted by Crippen LogP contribution is -2.48. The fourth-order valence-electron chi connectivity index (χ4n) is 14.5. The van der Waals surface area contributed by atoms with Gasteiger partial charge in [0, 0.05) is 22.5 Å². The molecule has 0 aliphatic heterocycles. The smallest absolute Gasteiger partial charge is 0.0726 e. The van der Waals surface area contributed by atoms with E-state index in [0.717, 1.165) is 17.8 Å². The normalized spacial score (nSPS) is 25.2. The third-order valence-corrected chi connectivity index (χ3v) is 16.8. The third kappa shape index (κ3) is 4.84. The van der Waals surface area contributed by atoms with Gasteiger partial charge in [-0.25, -0.2) is 0 Å². The van der Waals surface area contributed by atoms with Gasteiger partial charge >= 0.3 is 0 Å². The summed E-state index contributed by atoms with van der Waals surface area (Å²) in [5.41, 5.74) is 23.0. The summed E-state index contributed by atoms with van der Waals surface area (Å²) in [7, 11) is 0. The van der Waals surface area contributed by atoms with Crippen LogP contribution in [-0.4, -0.2) is 0 Å². The van der Waals surface area contributed by atoms with Gasteiger partial charge in [-0.05, 0) is 181 Å². The van der Waals surface area contributed by atoms with Crippen LogP contribution in [0.4, 0.5) is 17.1 Å². The molecule has 4 saturated carbocycles. The Kier molecular flexibility index (Phi) is 7.24. The van der Waals surface area contributed by atoms with E-state index in [9.17, 15) is 0 Å². The molecule has 7 aliphatic carbocycles. The van der Waals surface area contributed by atoms with Crippen LogP contribution in [0.15, 0.2) is 152 Å². The maximum Gasteiger partial charge on any atom is 0.0726 e. The summed E-state index contributed by atoms with van der Waals surface area (Å²) in [6, 6.07) is 59.6. The molecule has 4 bridgehead atoms. The number of fused-ring (bicyclic) bond motifs is 13. The monoisotopic (exact) mass is 789 g/mol. The van der Waals surface area contributed by atoms with E-state index in [2.05, 4.69) is 191 Å². The second-order valence-corrected chi connectivity index (χ2v) is 21.6. The van der Waals surface area contributed by atoms with Gasteiger partial charge < -0.3 is 4.90 Å². The first-order valence-electron chi connectivity index (χ1n) is 23.2. The molecule has 0 aromatic heterocycles. The minimum Gasteiger partial charge on any atom is -0.310 e. The summed E-state index contributed by atoms with van der Waals surface area (Å²) in [4.78, 5) is 2.57. The number of anilines is 3. The van der Waals surface area contributed by atoms with Crippen LogP contribution in [0.5, 0.6) is 0 Å². The van der Waals surface area contributed by atoms with Gasteiger partial charge in [0.05, 0.1) is 5.41 Å². The summed E-state index contributed by atoms with van der Waals surface area (Å²) in [5, 5.41) is 0. The van der Waals surface area contributed by atoms with Gasteiger partial charge in [-0.1, -0.05) is 150 Å². The molecule has 1 heteroatoms. The summed E-state index contributed by atoms with van der Waals surface area (Å²) < 4.78 is 0. The molecule has 1 unspecified atom stereocenters. The molecule has 1 spiro atoms. The van der Waals surface area contributed by atoms with Crippen molar-refractivity contribution in [2.45, 2.75) is 94.8 Å². The van der Waals surface area contributed by atoms with E-state index in [4.69, 9.17) is 0 Å². The summed E-state index contributed by atoms with van der Waals surface area (Å²) in [6.45, 7) is 11.8. The lowest BCUT2D eigenvalue weighted by atomic mass is 9.48. The van der Waals surface area contributed by atoms with Crippen molar-refractivity contribution >= 4 is 17.1 Å². The van der Waals surface area contributed by atoms with Crippen molar-refractivity contribution in [3.8, 4) is 33.4 Å². The molecule has 1 nitrogen and oxygen atoms in total. The molecule has 7 aliphatic rings. The van der Waals surface area contributed by atoms with Gasteiger partial charge in [0.25, 0.3) is 0 Å². The lowest BCUT2D eigenvalue weighted by Gasteiger charge is -2.57. The molecule has 0 radical (unpaired) electrons. The molecule has 0 saturated heterocycles. The highest BCUT2D eigenvalue weighted by atomic mass is 15.1. The van der Waals surface area contributed by atoms with Crippen LogP contribution in [0.3, 0.4) is 0 Å². The van der Waals surface area contributed by atoms with Crippen LogP contribution in [0.2, 0.25) is 0 Å². The van der Waals surface area contributed by atoms with Crippen molar-refractivity contribution in [3.05, 3.63) is 196 Å². The Labute approximate surface area is 362 Å². The molecule has 61 heavy (non-hydrogen) atoms. The summed E-state index contributed by atoms with van der Waals surface area (Å²) in [5.74, 6) is 2.78. The molecule has 4 fully saturated rings. The Morgan fingerprint density at radius 2 is 0.885 bits per heavy atom. The Hall–Kier alpha value is -5.66. The second-order valence-electron chi connectivity index (χ2n) is 21.6. The van der Waals surface area contributed by atoms with Gasteiger partial charge in [0.15, 0.2) is 0 Å². The topological polar surface area (TPSA) is 3.24 Å². The summed E-state index contributed by atoms with van der Waals surface area (Å²) in [6.07, 6.45) is 8.57. The van der Waals surface area contributed by atoms with E-state index in [1.807, 2.05) is 0 Å². The lowest BCUT2D eigenvalue weighted by molar-refractivity contribution is -0.00518. The van der Waals surface area contributed by atoms with Crippen molar-refractivity contribution in [1.82, 2.24) is 0 Å². The number of benzene rings is 7. The molecule has 7 aromatic carbocycles. The van der Waals surface area contributed by atoms with Gasteiger partial charge in [0.1, 0.15) is 0 Å². The second kappa shape index (κ2) is 12.3. The highest BCUT2D eigenvalue weighted by Crippen LogP contribution is 2.65. The first-order chi connectivity index (χ1) is 29.5. The predicted octanol–water partition coefficient (Wildman–Crippen LogP) is 15.6. The molecule has 300 valence electrons. The van der Waals surface area contributed by atoms with Gasteiger partial charge in [-0.15, -0.1) is 0 Å². The first kappa shape index (κ1) is 36.0. The molecule has 14 rings (SSSR count). The molecule has 7 aromatic rings. The Morgan fingerprint density at radius 1 is 0.426 bits per heavy atom. The maximum absolute atomic E-state index is 2.57. The zero-order valence-corrected chi connectivity index (χ0v) is 36.4. The fourth-order valence-corrected chi connectivity index (χ4v) is 14.5. The average Bonchev–Trinajstić information content (AvgIpc) is 3.81. The number of hydrogen-bond donors (Lipinski definition) is 0. The van der Waals surface area contributed by atoms with Gasteiger partial charge in [0.2, 0.25) is 0 Å². The standard InChI is InChI=1S/C60H55N/c1-57(2,3)41-20-25-48-45-12-7-10-16-53(45)60(55(48)31-41)54-17-11-8-13-46(54)49-26-23-44(33-56(49)60)61(43-24-27-52-50(32-43)47-14-6-9-15-51(47)58(52,4)5)42-21-18-40(19-22-42)59-34-37-28-38(35-59)30-39(29-37)36-59/h6-27,31-33,37-39H,28-30,34-36H2,1-5H3. The Balaban J connectivity index is 1.03. The third-order valence-electron chi connectivity index (χ3n) is 16.8. The van der Waals surface area contributed by atoms with Gasteiger partial charge in [-0.2, -0.15) is 0 Å². The Morgan fingerprint density at radius 3 is 1.49 bits per heavy atom. The number of hydrogen-bond acceptors (Lipinski definition) is 1. The number of nitrogens with zero attached hydrogens (tertiary/aromatic N) is 1. The number of rotatable bonds is 4. The van der Waals surface area contributed by atoms with Crippen LogP contribution in [0.1, 0.15) is 118 Å². The molecular weight excluding hydrogens is 735 g/mol. The van der Waals surface area contributed by atoms with E-state index in [-0.39, 0.29) is 10.8 Å². The van der Waals surface area contributed by atoms with Crippen LogP contribution >= 0.6 is 0 Å². The van der Waals surface area contributed by atoms with Crippen molar-refractivity contribution in [2.75, 3.05) is 4.90 Å². The zero-order chi connectivity index (χ0) is 41.0. The quantitative estimate of drug-likeness (QED) is 0.172. The van der Waals surface area contributed by atoms with Crippen LogP contribution in [-0.2, 0) is 21.7 Å². The fraction of sp³-hybridized carbons (Fsp3) is 0.300. The zero-order valence-electron chi connectivity index (χ0n) is 36.4. The highest BCUT2D eigenvalue weighted by Gasteiger charge is 2.53. The van der Waals surface area contributed by atoms with Crippen LogP contribution < -0.4 is 4.90 Å². The molecular formula is C60H55N. The van der Waals surface area contributed by atoms with Gasteiger partial charge in [-0.3, -0.25) is 0 Å². The van der Waals surface area contributed by atoms with E-state index in [1.54, 1.807) is 5.56 Å². The molecule has 1 atom stereocenters.